The van der Waals surface area contributed by atoms with Gasteiger partial charge in [0.05, 0.1) is 18.5 Å². The molecule has 2 N–H and O–H groups in total. The van der Waals surface area contributed by atoms with E-state index in [1.165, 1.54) is 0 Å². The molecule has 1 atom stereocenters. The number of anilines is 1. The maximum absolute atomic E-state index is 8.76. The fraction of sp³-hybridized carbons (Fsp3) is 0.333. The van der Waals surface area contributed by atoms with Crippen molar-refractivity contribution in [2.24, 2.45) is 0 Å². The molecule has 13 heavy (non-hydrogen) atoms. The van der Waals surface area contributed by atoms with Crippen molar-refractivity contribution in [3.05, 3.63) is 24.0 Å². The van der Waals surface area contributed by atoms with Crippen LogP contribution in [-0.4, -0.2) is 22.7 Å². The van der Waals surface area contributed by atoms with Gasteiger partial charge >= 0.3 is 0 Å². The fourth-order valence-electron chi connectivity index (χ4n) is 0.876. The van der Waals surface area contributed by atoms with Gasteiger partial charge in [-0.05, 0) is 19.1 Å². The Kier molecular flexibility index (Phi) is 3.23. The van der Waals surface area contributed by atoms with Crippen LogP contribution in [-0.2, 0) is 0 Å². The Morgan fingerprint density at radius 3 is 2.92 bits per heavy atom. The number of hydrogen-bond acceptors (Lipinski definition) is 4. The van der Waals surface area contributed by atoms with Gasteiger partial charge in [-0.2, -0.15) is 5.26 Å². The van der Waals surface area contributed by atoms with Crippen LogP contribution in [0.25, 0.3) is 0 Å². The zero-order valence-electron chi connectivity index (χ0n) is 7.36. The SMILES string of the molecule is C[C@@H](CO)Nc1ccc(C#N)nc1. The minimum absolute atomic E-state index is 0.00487. The highest BCUT2D eigenvalue weighted by Gasteiger charge is 1.99. The van der Waals surface area contributed by atoms with Crippen LogP contribution in [0.2, 0.25) is 0 Å². The second-order valence-corrected chi connectivity index (χ2v) is 2.77. The highest BCUT2D eigenvalue weighted by Crippen LogP contribution is 2.06. The van der Waals surface area contributed by atoms with Gasteiger partial charge in [-0.1, -0.05) is 0 Å². The van der Waals surface area contributed by atoms with E-state index in [0.717, 1.165) is 5.69 Å². The van der Waals surface area contributed by atoms with Crippen molar-refractivity contribution in [1.82, 2.24) is 4.98 Å². The number of aliphatic hydroxyl groups excluding tert-OH is 1. The van der Waals surface area contributed by atoms with Crippen LogP contribution in [0, 0.1) is 11.3 Å². The van der Waals surface area contributed by atoms with E-state index < -0.39 is 0 Å². The van der Waals surface area contributed by atoms with E-state index in [4.69, 9.17) is 10.4 Å². The molecule has 1 aromatic heterocycles. The van der Waals surface area contributed by atoms with Gasteiger partial charge in [0.1, 0.15) is 11.8 Å². The molecule has 68 valence electrons. The summed E-state index contributed by atoms with van der Waals surface area (Å²) < 4.78 is 0. The first-order valence-electron chi connectivity index (χ1n) is 4.00. The van der Waals surface area contributed by atoms with Gasteiger partial charge in [-0.15, -0.1) is 0 Å². The number of hydrogen-bond donors (Lipinski definition) is 2. The molecular weight excluding hydrogens is 166 g/mol. The highest BCUT2D eigenvalue weighted by atomic mass is 16.3. The van der Waals surface area contributed by atoms with Crippen LogP contribution in [0.3, 0.4) is 0 Å². The molecule has 0 aromatic carbocycles. The number of aromatic nitrogens is 1. The Hall–Kier alpha value is -1.60. The predicted molar refractivity (Wildman–Crippen MR) is 49.1 cm³/mol. The van der Waals surface area contributed by atoms with E-state index >= 15 is 0 Å². The van der Waals surface area contributed by atoms with Crippen LogP contribution in [0.1, 0.15) is 12.6 Å². The van der Waals surface area contributed by atoms with Gasteiger partial charge in [0.15, 0.2) is 0 Å². The third-order valence-corrected chi connectivity index (χ3v) is 1.56. The van der Waals surface area contributed by atoms with Crippen LogP contribution in [0.5, 0.6) is 0 Å². The number of pyridine rings is 1. The average Bonchev–Trinajstić information content (AvgIpc) is 2.19. The Morgan fingerprint density at radius 2 is 2.46 bits per heavy atom. The number of aliphatic hydroxyl groups is 1. The van der Waals surface area contributed by atoms with Crippen molar-refractivity contribution in [2.45, 2.75) is 13.0 Å². The predicted octanol–water partition coefficient (Wildman–Crippen LogP) is 0.746. The lowest BCUT2D eigenvalue weighted by molar-refractivity contribution is 0.281. The molecule has 1 aromatic rings. The molecule has 1 heterocycles. The first-order chi connectivity index (χ1) is 6.26. The van der Waals surface area contributed by atoms with Crippen molar-refractivity contribution in [2.75, 3.05) is 11.9 Å². The molecule has 0 bridgehead atoms. The van der Waals surface area contributed by atoms with Crippen LogP contribution < -0.4 is 5.32 Å². The summed E-state index contributed by atoms with van der Waals surface area (Å²) in [5, 5.41) is 20.3. The minimum Gasteiger partial charge on any atom is -0.394 e. The van der Waals surface area contributed by atoms with E-state index in [2.05, 4.69) is 10.3 Å². The molecular formula is C9H11N3O. The lowest BCUT2D eigenvalue weighted by Gasteiger charge is -2.11. The lowest BCUT2D eigenvalue weighted by atomic mass is 10.3. The zero-order chi connectivity index (χ0) is 9.68. The molecule has 0 aliphatic carbocycles. The molecule has 0 aliphatic heterocycles. The number of rotatable bonds is 3. The van der Waals surface area contributed by atoms with Crippen LogP contribution in [0.4, 0.5) is 5.69 Å². The van der Waals surface area contributed by atoms with Gasteiger partial charge in [0, 0.05) is 6.04 Å². The number of nitriles is 1. The maximum Gasteiger partial charge on any atom is 0.140 e. The van der Waals surface area contributed by atoms with E-state index in [1.807, 2.05) is 13.0 Å². The van der Waals surface area contributed by atoms with E-state index in [1.54, 1.807) is 18.3 Å². The molecule has 1 rings (SSSR count). The summed E-state index contributed by atoms with van der Waals surface area (Å²) in [4.78, 5) is 3.88. The van der Waals surface area contributed by atoms with Crippen molar-refractivity contribution in [1.29, 1.82) is 5.26 Å². The molecule has 0 aliphatic rings. The van der Waals surface area contributed by atoms with Crippen molar-refractivity contribution < 1.29 is 5.11 Å². The Bertz CT molecular complexity index is 302. The Balaban J connectivity index is 2.65. The van der Waals surface area contributed by atoms with Gasteiger partial charge in [0.2, 0.25) is 0 Å². The second kappa shape index (κ2) is 4.43. The summed E-state index contributed by atoms with van der Waals surface area (Å²) in [6.45, 7) is 1.93. The second-order valence-electron chi connectivity index (χ2n) is 2.77. The van der Waals surface area contributed by atoms with E-state index in [0.29, 0.717) is 5.69 Å². The minimum atomic E-state index is -0.00487. The van der Waals surface area contributed by atoms with Gasteiger partial charge < -0.3 is 10.4 Å². The van der Waals surface area contributed by atoms with Gasteiger partial charge in [-0.25, -0.2) is 4.98 Å². The Labute approximate surface area is 76.8 Å². The lowest BCUT2D eigenvalue weighted by Crippen LogP contribution is -2.19. The monoisotopic (exact) mass is 177 g/mol. The standard InChI is InChI=1S/C9H11N3O/c1-7(6-13)12-9-3-2-8(4-10)11-5-9/h2-3,5,7,12-13H,6H2,1H3/t7-/m0/s1. The normalized spacial score (nSPS) is 11.8. The van der Waals surface area contributed by atoms with Gasteiger partial charge in [-0.3, -0.25) is 0 Å². The van der Waals surface area contributed by atoms with Crippen LogP contribution >= 0.6 is 0 Å². The molecule has 0 saturated carbocycles. The van der Waals surface area contributed by atoms with Gasteiger partial charge in [0.25, 0.3) is 0 Å². The number of nitrogens with zero attached hydrogens (tertiary/aromatic N) is 2. The topological polar surface area (TPSA) is 68.9 Å². The van der Waals surface area contributed by atoms with Crippen molar-refractivity contribution in [3.8, 4) is 6.07 Å². The van der Waals surface area contributed by atoms with E-state index in [-0.39, 0.29) is 12.6 Å². The van der Waals surface area contributed by atoms with Crippen molar-refractivity contribution >= 4 is 5.69 Å². The molecule has 0 fully saturated rings. The fourth-order valence-corrected chi connectivity index (χ4v) is 0.876. The third kappa shape index (κ3) is 2.73. The first-order valence-corrected chi connectivity index (χ1v) is 4.00. The van der Waals surface area contributed by atoms with E-state index in [9.17, 15) is 0 Å². The summed E-state index contributed by atoms with van der Waals surface area (Å²) >= 11 is 0. The Morgan fingerprint density at radius 1 is 1.69 bits per heavy atom. The number of nitrogens with one attached hydrogen (secondary N) is 1. The zero-order valence-corrected chi connectivity index (χ0v) is 7.36. The molecule has 4 heteroatoms. The summed E-state index contributed by atoms with van der Waals surface area (Å²) in [6.07, 6.45) is 1.57. The maximum atomic E-state index is 8.76. The van der Waals surface area contributed by atoms with Crippen molar-refractivity contribution in [3.63, 3.8) is 0 Å². The van der Waals surface area contributed by atoms with Crippen LogP contribution in [0.15, 0.2) is 18.3 Å². The third-order valence-electron chi connectivity index (χ3n) is 1.56. The molecule has 0 spiro atoms. The molecule has 0 radical (unpaired) electrons. The first kappa shape index (κ1) is 9.49. The quantitative estimate of drug-likeness (QED) is 0.714. The summed E-state index contributed by atoms with van der Waals surface area (Å²) in [6, 6.07) is 5.32. The molecule has 0 amide bonds. The summed E-state index contributed by atoms with van der Waals surface area (Å²) in [5.74, 6) is 0. The summed E-state index contributed by atoms with van der Waals surface area (Å²) in [5.41, 5.74) is 1.20. The highest BCUT2D eigenvalue weighted by molar-refractivity contribution is 5.43. The molecule has 4 nitrogen and oxygen atoms in total. The smallest absolute Gasteiger partial charge is 0.140 e. The molecule has 0 unspecified atom stereocenters. The molecule has 0 saturated heterocycles. The average molecular weight is 177 g/mol. The summed E-state index contributed by atoms with van der Waals surface area (Å²) in [7, 11) is 0. The largest absolute Gasteiger partial charge is 0.394 e.